The molecule has 0 bridgehead atoms. The second kappa shape index (κ2) is 9.20. The van der Waals surface area contributed by atoms with Crippen LogP contribution in [-0.2, 0) is 17.5 Å². The van der Waals surface area contributed by atoms with Crippen molar-refractivity contribution >= 4 is 17.7 Å². The Hall–Kier alpha value is -3.70. The van der Waals surface area contributed by atoms with Gasteiger partial charge in [0.15, 0.2) is 0 Å². The van der Waals surface area contributed by atoms with E-state index in [-0.39, 0.29) is 23.8 Å². The summed E-state index contributed by atoms with van der Waals surface area (Å²) < 4.78 is 47.0. The van der Waals surface area contributed by atoms with Gasteiger partial charge in [-0.1, -0.05) is 11.2 Å². The highest BCUT2D eigenvalue weighted by Crippen LogP contribution is 2.29. The van der Waals surface area contributed by atoms with Gasteiger partial charge in [0.05, 0.1) is 0 Å². The van der Waals surface area contributed by atoms with Crippen LogP contribution in [0.25, 0.3) is 11.4 Å². The summed E-state index contributed by atoms with van der Waals surface area (Å²) in [5.41, 5.74) is 0.935. The van der Waals surface area contributed by atoms with Crippen molar-refractivity contribution in [3.63, 3.8) is 0 Å². The van der Waals surface area contributed by atoms with Gasteiger partial charge in [-0.3, -0.25) is 5.32 Å². The molecule has 1 aliphatic rings. The molecule has 4 rings (SSSR count). The van der Waals surface area contributed by atoms with Gasteiger partial charge in [0.25, 0.3) is 0 Å². The van der Waals surface area contributed by atoms with Crippen LogP contribution in [0.1, 0.15) is 30.7 Å². The lowest BCUT2D eigenvalue weighted by molar-refractivity contribution is -0.159. The van der Waals surface area contributed by atoms with E-state index in [9.17, 15) is 18.0 Å². The summed E-state index contributed by atoms with van der Waals surface area (Å²) in [6.45, 7) is 2.01. The van der Waals surface area contributed by atoms with Gasteiger partial charge in [0.1, 0.15) is 18.2 Å². The van der Waals surface area contributed by atoms with Crippen LogP contribution in [0.3, 0.4) is 0 Å². The Morgan fingerprint density at radius 3 is 2.53 bits per heavy atom. The third kappa shape index (κ3) is 5.31. The first-order chi connectivity index (χ1) is 15.4. The Kier molecular flexibility index (Phi) is 6.19. The molecule has 168 valence electrons. The number of pyridine rings is 2. The first-order valence-electron chi connectivity index (χ1n) is 9.89. The molecule has 32 heavy (non-hydrogen) atoms. The summed E-state index contributed by atoms with van der Waals surface area (Å²) in [5.74, 6) is -0.654. The van der Waals surface area contributed by atoms with Gasteiger partial charge >= 0.3 is 18.2 Å². The molecule has 0 aromatic carbocycles. The number of anilines is 2. The van der Waals surface area contributed by atoms with E-state index < -0.39 is 18.2 Å². The molecule has 0 unspecified atom stereocenters. The molecule has 0 saturated carbocycles. The molecule has 0 atom stereocenters. The minimum Gasteiger partial charge on any atom is -0.444 e. The number of halogens is 3. The van der Waals surface area contributed by atoms with E-state index in [0.717, 1.165) is 37.3 Å². The maximum Gasteiger partial charge on any atom is 0.471 e. The van der Waals surface area contributed by atoms with Crippen molar-refractivity contribution in [2.75, 3.05) is 23.3 Å². The monoisotopic (exact) mass is 448 g/mol. The number of carbonyl (C=O) groups excluding carboxylic acids is 1. The van der Waals surface area contributed by atoms with Gasteiger partial charge in [-0.15, -0.1) is 0 Å². The van der Waals surface area contributed by atoms with Crippen molar-refractivity contribution in [1.82, 2.24) is 20.1 Å². The molecular weight excluding hydrogens is 429 g/mol. The molecule has 9 nitrogen and oxygen atoms in total. The van der Waals surface area contributed by atoms with Crippen LogP contribution in [0.15, 0.2) is 41.2 Å². The normalized spacial score (nSPS) is 14.3. The van der Waals surface area contributed by atoms with Gasteiger partial charge < -0.3 is 14.2 Å². The molecule has 4 heterocycles. The average Bonchev–Trinajstić information content (AvgIpc) is 3.30. The van der Waals surface area contributed by atoms with Crippen LogP contribution >= 0.6 is 0 Å². The highest BCUT2D eigenvalue weighted by molar-refractivity contribution is 5.83. The van der Waals surface area contributed by atoms with Crippen LogP contribution in [0.4, 0.5) is 29.6 Å². The number of nitrogens with zero attached hydrogens (tertiary/aromatic N) is 5. The molecule has 1 N–H and O–H groups in total. The topological polar surface area (TPSA) is 106 Å². The van der Waals surface area contributed by atoms with E-state index in [0.29, 0.717) is 0 Å². The molecule has 0 spiro atoms. The van der Waals surface area contributed by atoms with Crippen LogP contribution in [0, 0.1) is 0 Å². The van der Waals surface area contributed by atoms with E-state index in [1.54, 1.807) is 6.20 Å². The Balaban J connectivity index is 1.28. The van der Waals surface area contributed by atoms with Crippen LogP contribution in [-0.4, -0.2) is 39.3 Å². The summed E-state index contributed by atoms with van der Waals surface area (Å²) in [6.07, 6.45) is 0.980. The third-order valence-corrected chi connectivity index (χ3v) is 4.78. The molecule has 0 aliphatic carbocycles. The van der Waals surface area contributed by atoms with Gasteiger partial charge in [0.2, 0.25) is 5.82 Å². The number of alkyl halides is 3. The maximum atomic E-state index is 12.5. The zero-order valence-electron chi connectivity index (χ0n) is 16.8. The Morgan fingerprint density at radius 1 is 1.09 bits per heavy atom. The second-order valence-electron chi connectivity index (χ2n) is 7.13. The predicted octanol–water partition coefficient (Wildman–Crippen LogP) is 4.28. The van der Waals surface area contributed by atoms with Crippen molar-refractivity contribution in [2.45, 2.75) is 32.0 Å². The lowest BCUT2D eigenvalue weighted by atomic mass is 10.1. The highest BCUT2D eigenvalue weighted by atomic mass is 19.4. The van der Waals surface area contributed by atoms with Crippen molar-refractivity contribution in [3.8, 4) is 11.4 Å². The van der Waals surface area contributed by atoms with Crippen molar-refractivity contribution < 1.29 is 27.2 Å². The smallest absolute Gasteiger partial charge is 0.444 e. The zero-order chi connectivity index (χ0) is 22.6. The SMILES string of the molecule is O=C(Nc1ccc(-c2noc(C(F)(F)F)n2)cn1)OCc1ccc(N2CCCCC2)nc1. The molecule has 0 radical (unpaired) electrons. The molecular formula is C20H19F3N6O3. The lowest BCUT2D eigenvalue weighted by Crippen LogP contribution is -2.30. The number of aromatic nitrogens is 4. The number of rotatable bonds is 5. The Bertz CT molecular complexity index is 1050. The fourth-order valence-electron chi connectivity index (χ4n) is 3.16. The van der Waals surface area contributed by atoms with Crippen LogP contribution in [0.2, 0.25) is 0 Å². The van der Waals surface area contributed by atoms with E-state index in [1.165, 1.54) is 24.8 Å². The number of hydrogen-bond donors (Lipinski definition) is 1. The van der Waals surface area contributed by atoms with Gasteiger partial charge in [-0.2, -0.15) is 18.2 Å². The molecule has 3 aromatic heterocycles. The zero-order valence-corrected chi connectivity index (χ0v) is 16.8. The number of piperidine rings is 1. The van der Waals surface area contributed by atoms with E-state index in [1.807, 2.05) is 12.1 Å². The van der Waals surface area contributed by atoms with Crippen molar-refractivity contribution in [2.24, 2.45) is 0 Å². The predicted molar refractivity (Wildman–Crippen MR) is 107 cm³/mol. The van der Waals surface area contributed by atoms with Gasteiger partial charge in [0, 0.05) is 36.6 Å². The molecule has 1 fully saturated rings. The third-order valence-electron chi connectivity index (χ3n) is 4.78. The van der Waals surface area contributed by atoms with Crippen LogP contribution in [0.5, 0.6) is 0 Å². The first-order valence-corrected chi connectivity index (χ1v) is 9.89. The first kappa shape index (κ1) is 21.5. The maximum absolute atomic E-state index is 12.5. The number of nitrogens with one attached hydrogen (secondary N) is 1. The average molecular weight is 448 g/mol. The lowest BCUT2D eigenvalue weighted by Gasteiger charge is -2.27. The van der Waals surface area contributed by atoms with E-state index in [4.69, 9.17) is 4.74 Å². The van der Waals surface area contributed by atoms with Crippen molar-refractivity contribution in [1.29, 1.82) is 0 Å². The minimum atomic E-state index is -4.73. The summed E-state index contributed by atoms with van der Waals surface area (Å²) in [5, 5.41) is 5.71. The van der Waals surface area contributed by atoms with Crippen LogP contribution < -0.4 is 10.2 Å². The largest absolute Gasteiger partial charge is 0.471 e. The molecule has 1 saturated heterocycles. The Morgan fingerprint density at radius 2 is 1.91 bits per heavy atom. The summed E-state index contributed by atoms with van der Waals surface area (Å²) in [6, 6.07) is 6.55. The van der Waals surface area contributed by atoms with Gasteiger partial charge in [-0.05, 0) is 37.5 Å². The number of carbonyl (C=O) groups is 1. The molecule has 3 aromatic rings. The fraction of sp³-hybridized carbons (Fsp3) is 0.350. The Labute approximate surface area is 180 Å². The fourth-order valence-corrected chi connectivity index (χ4v) is 3.16. The van der Waals surface area contributed by atoms with E-state index >= 15 is 0 Å². The second-order valence-corrected chi connectivity index (χ2v) is 7.13. The highest BCUT2D eigenvalue weighted by Gasteiger charge is 2.38. The molecule has 12 heteroatoms. The summed E-state index contributed by atoms with van der Waals surface area (Å²) in [4.78, 5) is 25.9. The quantitative estimate of drug-likeness (QED) is 0.616. The summed E-state index contributed by atoms with van der Waals surface area (Å²) >= 11 is 0. The van der Waals surface area contributed by atoms with E-state index in [2.05, 4.69) is 34.8 Å². The van der Waals surface area contributed by atoms with Gasteiger partial charge in [-0.25, -0.2) is 14.8 Å². The summed E-state index contributed by atoms with van der Waals surface area (Å²) in [7, 11) is 0. The minimum absolute atomic E-state index is 0.0281. The number of ether oxygens (including phenoxy) is 1. The standard InChI is InChI=1S/C20H19F3N6O3/c21-20(22,23)18-27-17(28-32-18)14-5-6-15(24-11-14)26-19(30)31-12-13-4-7-16(25-10-13)29-8-2-1-3-9-29/h4-7,10-11H,1-3,8-9,12H2,(H,24,26,30). The van der Waals surface area contributed by atoms with Crippen molar-refractivity contribution in [3.05, 3.63) is 48.1 Å². The number of amides is 1. The number of hydrogen-bond acceptors (Lipinski definition) is 8. The molecule has 1 aliphatic heterocycles. The molecule has 1 amide bonds.